The predicted octanol–water partition coefficient (Wildman–Crippen LogP) is 3.25. The predicted molar refractivity (Wildman–Crippen MR) is 77.9 cm³/mol. The fourth-order valence-corrected chi connectivity index (χ4v) is 2.44. The van der Waals surface area contributed by atoms with Gasteiger partial charge < -0.3 is 10.1 Å². The quantitative estimate of drug-likeness (QED) is 0.907. The topological polar surface area (TPSA) is 38.3 Å². The van der Waals surface area contributed by atoms with Gasteiger partial charge >= 0.3 is 0 Å². The average Bonchev–Trinajstić information content (AvgIpc) is 2.48. The van der Waals surface area contributed by atoms with Gasteiger partial charge in [0.25, 0.3) is 5.91 Å². The molecule has 0 spiro atoms. The van der Waals surface area contributed by atoms with Crippen LogP contribution in [0, 0.1) is 6.92 Å². The number of para-hydroxylation sites is 1. The molecular weight excluding hydrogens is 250 g/mol. The summed E-state index contributed by atoms with van der Waals surface area (Å²) in [5.41, 5.74) is 2.90. The smallest absolute Gasteiger partial charge is 0.251 e. The Kier molecular flexibility index (Phi) is 3.42. The van der Waals surface area contributed by atoms with E-state index in [-0.39, 0.29) is 11.9 Å². The number of hydrogen-bond acceptors (Lipinski definition) is 2. The molecule has 1 aliphatic rings. The fraction of sp³-hybridized carbons (Fsp3) is 0.235. The molecule has 2 aromatic rings. The highest BCUT2D eigenvalue weighted by Gasteiger charge is 2.22. The number of carbonyl (C=O) groups is 1. The van der Waals surface area contributed by atoms with E-state index in [0.29, 0.717) is 12.2 Å². The van der Waals surface area contributed by atoms with Gasteiger partial charge in [-0.25, -0.2) is 0 Å². The molecule has 1 heterocycles. The summed E-state index contributed by atoms with van der Waals surface area (Å²) in [6, 6.07) is 15.5. The third-order valence-electron chi connectivity index (χ3n) is 3.58. The van der Waals surface area contributed by atoms with Crippen LogP contribution in [-0.4, -0.2) is 12.5 Å². The molecule has 0 saturated carbocycles. The summed E-state index contributed by atoms with van der Waals surface area (Å²) >= 11 is 0. The molecule has 102 valence electrons. The van der Waals surface area contributed by atoms with E-state index in [4.69, 9.17) is 4.74 Å². The molecule has 3 rings (SSSR count). The maximum atomic E-state index is 12.3. The van der Waals surface area contributed by atoms with E-state index < -0.39 is 0 Å². The molecule has 0 saturated heterocycles. The molecule has 1 atom stereocenters. The Morgan fingerprint density at radius 2 is 1.90 bits per heavy atom. The lowest BCUT2D eigenvalue weighted by Crippen LogP contribution is -2.32. The Labute approximate surface area is 118 Å². The van der Waals surface area contributed by atoms with Crippen molar-refractivity contribution in [3.8, 4) is 5.75 Å². The SMILES string of the molecule is Cc1ccc(C(=O)N[C@@H]2CCOc3ccccc32)cc1. The normalized spacial score (nSPS) is 16.9. The van der Waals surface area contributed by atoms with Crippen LogP contribution in [-0.2, 0) is 0 Å². The van der Waals surface area contributed by atoms with Crippen LogP contribution in [0.4, 0.5) is 0 Å². The van der Waals surface area contributed by atoms with Crippen molar-refractivity contribution in [3.05, 3.63) is 65.2 Å². The highest BCUT2D eigenvalue weighted by atomic mass is 16.5. The van der Waals surface area contributed by atoms with E-state index in [0.717, 1.165) is 23.3 Å². The molecule has 1 aliphatic heterocycles. The zero-order valence-corrected chi connectivity index (χ0v) is 11.4. The molecule has 0 bridgehead atoms. The van der Waals surface area contributed by atoms with Gasteiger partial charge in [0.2, 0.25) is 0 Å². The maximum absolute atomic E-state index is 12.3. The van der Waals surface area contributed by atoms with Crippen LogP contribution in [0.1, 0.15) is 33.9 Å². The zero-order valence-electron chi connectivity index (χ0n) is 11.4. The van der Waals surface area contributed by atoms with E-state index in [1.54, 1.807) is 0 Å². The highest BCUT2D eigenvalue weighted by molar-refractivity contribution is 5.94. The van der Waals surface area contributed by atoms with Crippen LogP contribution in [0.2, 0.25) is 0 Å². The van der Waals surface area contributed by atoms with Gasteiger partial charge in [-0.1, -0.05) is 35.9 Å². The number of fused-ring (bicyclic) bond motifs is 1. The molecule has 0 unspecified atom stereocenters. The lowest BCUT2D eigenvalue weighted by molar-refractivity contribution is 0.0925. The number of amides is 1. The summed E-state index contributed by atoms with van der Waals surface area (Å²) in [6.45, 7) is 2.65. The summed E-state index contributed by atoms with van der Waals surface area (Å²) in [5, 5.41) is 3.09. The first kappa shape index (κ1) is 12.7. The van der Waals surface area contributed by atoms with Gasteiger partial charge in [-0.05, 0) is 25.1 Å². The lowest BCUT2D eigenvalue weighted by atomic mass is 10.00. The minimum absolute atomic E-state index is 0.0220. The minimum atomic E-state index is -0.0355. The Bertz CT molecular complexity index is 619. The summed E-state index contributed by atoms with van der Waals surface area (Å²) in [7, 11) is 0. The van der Waals surface area contributed by atoms with Crippen LogP contribution in [0.25, 0.3) is 0 Å². The first-order valence-corrected chi connectivity index (χ1v) is 6.83. The molecule has 3 nitrogen and oxygen atoms in total. The molecule has 2 aromatic carbocycles. The molecule has 0 fully saturated rings. The van der Waals surface area contributed by atoms with Gasteiger partial charge in [-0.2, -0.15) is 0 Å². The third-order valence-corrected chi connectivity index (χ3v) is 3.58. The van der Waals surface area contributed by atoms with Gasteiger partial charge in [0, 0.05) is 17.5 Å². The van der Waals surface area contributed by atoms with Crippen LogP contribution >= 0.6 is 0 Å². The van der Waals surface area contributed by atoms with E-state index in [9.17, 15) is 4.79 Å². The first-order valence-electron chi connectivity index (χ1n) is 6.83. The van der Waals surface area contributed by atoms with Crippen LogP contribution in [0.15, 0.2) is 48.5 Å². The fourth-order valence-electron chi connectivity index (χ4n) is 2.44. The number of benzene rings is 2. The molecule has 0 radical (unpaired) electrons. The average molecular weight is 267 g/mol. The van der Waals surface area contributed by atoms with Gasteiger partial charge in [0.05, 0.1) is 12.6 Å². The second-order valence-electron chi connectivity index (χ2n) is 5.07. The second-order valence-corrected chi connectivity index (χ2v) is 5.07. The molecule has 1 amide bonds. The second kappa shape index (κ2) is 5.37. The van der Waals surface area contributed by atoms with E-state index in [2.05, 4.69) is 5.32 Å². The number of aryl methyl sites for hydroxylation is 1. The lowest BCUT2D eigenvalue weighted by Gasteiger charge is -2.26. The maximum Gasteiger partial charge on any atom is 0.251 e. The van der Waals surface area contributed by atoms with Crippen molar-refractivity contribution in [1.82, 2.24) is 5.32 Å². The van der Waals surface area contributed by atoms with Crippen molar-refractivity contribution >= 4 is 5.91 Å². The summed E-state index contributed by atoms with van der Waals surface area (Å²) in [6.07, 6.45) is 0.800. The van der Waals surface area contributed by atoms with Crippen LogP contribution in [0.3, 0.4) is 0 Å². The molecule has 20 heavy (non-hydrogen) atoms. The number of rotatable bonds is 2. The molecular formula is C17H17NO2. The Morgan fingerprint density at radius 3 is 2.70 bits per heavy atom. The van der Waals surface area contributed by atoms with Crippen molar-refractivity contribution < 1.29 is 9.53 Å². The van der Waals surface area contributed by atoms with Crippen molar-refractivity contribution in [2.45, 2.75) is 19.4 Å². The van der Waals surface area contributed by atoms with Gasteiger partial charge in [-0.3, -0.25) is 4.79 Å². The molecule has 0 aliphatic carbocycles. The van der Waals surface area contributed by atoms with Crippen molar-refractivity contribution in [3.63, 3.8) is 0 Å². The zero-order chi connectivity index (χ0) is 13.9. The molecule has 3 heteroatoms. The molecule has 1 N–H and O–H groups in total. The van der Waals surface area contributed by atoms with Crippen LogP contribution in [0.5, 0.6) is 5.75 Å². The van der Waals surface area contributed by atoms with Crippen LogP contribution < -0.4 is 10.1 Å². The number of ether oxygens (including phenoxy) is 1. The van der Waals surface area contributed by atoms with E-state index in [1.165, 1.54) is 0 Å². The number of carbonyl (C=O) groups excluding carboxylic acids is 1. The van der Waals surface area contributed by atoms with Gasteiger partial charge in [-0.15, -0.1) is 0 Å². The van der Waals surface area contributed by atoms with E-state index in [1.807, 2.05) is 55.5 Å². The standard InChI is InChI=1S/C17H17NO2/c1-12-6-8-13(9-7-12)17(19)18-15-10-11-20-16-5-3-2-4-14(15)16/h2-9,15H,10-11H2,1H3,(H,18,19)/t15-/m1/s1. The first-order chi connectivity index (χ1) is 9.74. The Balaban J connectivity index is 1.79. The highest BCUT2D eigenvalue weighted by Crippen LogP contribution is 2.31. The van der Waals surface area contributed by atoms with E-state index >= 15 is 0 Å². The Hall–Kier alpha value is -2.29. The van der Waals surface area contributed by atoms with Crippen molar-refractivity contribution in [2.24, 2.45) is 0 Å². The van der Waals surface area contributed by atoms with Crippen molar-refractivity contribution in [2.75, 3.05) is 6.61 Å². The van der Waals surface area contributed by atoms with Gasteiger partial charge in [0.1, 0.15) is 5.75 Å². The summed E-state index contributed by atoms with van der Waals surface area (Å²) < 4.78 is 5.61. The minimum Gasteiger partial charge on any atom is -0.493 e. The number of hydrogen-bond donors (Lipinski definition) is 1. The number of nitrogens with one attached hydrogen (secondary N) is 1. The molecule has 0 aromatic heterocycles. The summed E-state index contributed by atoms with van der Waals surface area (Å²) in [5.74, 6) is 0.833. The summed E-state index contributed by atoms with van der Waals surface area (Å²) in [4.78, 5) is 12.3. The monoisotopic (exact) mass is 267 g/mol. The van der Waals surface area contributed by atoms with Crippen molar-refractivity contribution in [1.29, 1.82) is 0 Å². The largest absolute Gasteiger partial charge is 0.493 e. The van der Waals surface area contributed by atoms with Gasteiger partial charge in [0.15, 0.2) is 0 Å². The third kappa shape index (κ3) is 2.52. The Morgan fingerprint density at radius 1 is 1.15 bits per heavy atom.